The molecule has 1 saturated carbocycles. The molecule has 0 radical (unpaired) electrons. The second kappa shape index (κ2) is 6.73. The number of carbonyl (C=O) groups excluding carboxylic acids is 1. The minimum absolute atomic E-state index is 0.0303. The van der Waals surface area contributed by atoms with E-state index in [1.54, 1.807) is 0 Å². The van der Waals surface area contributed by atoms with Gasteiger partial charge in [-0.25, -0.2) is 14.8 Å². The van der Waals surface area contributed by atoms with Crippen LogP contribution >= 0.6 is 11.6 Å². The molecule has 3 unspecified atom stereocenters. The molecule has 0 amide bonds. The fourth-order valence-electron chi connectivity index (χ4n) is 2.61. The van der Waals surface area contributed by atoms with Crippen molar-refractivity contribution in [1.82, 2.24) is 9.97 Å². The van der Waals surface area contributed by atoms with E-state index in [9.17, 15) is 4.79 Å². The lowest BCUT2D eigenvalue weighted by atomic mass is 9.80. The van der Waals surface area contributed by atoms with Crippen molar-refractivity contribution < 1.29 is 9.53 Å². The number of hydrogen-bond donors (Lipinski definition) is 0. The summed E-state index contributed by atoms with van der Waals surface area (Å²) in [5, 5.41) is 0.252. The molecule has 21 heavy (non-hydrogen) atoms. The van der Waals surface area contributed by atoms with Gasteiger partial charge >= 0.3 is 5.97 Å². The highest BCUT2D eigenvalue weighted by molar-refractivity contribution is 6.33. The normalized spacial score (nSPS) is 25.9. The zero-order valence-corrected chi connectivity index (χ0v) is 13.9. The van der Waals surface area contributed by atoms with Gasteiger partial charge in [0.1, 0.15) is 11.9 Å². The van der Waals surface area contributed by atoms with E-state index in [0.717, 1.165) is 19.3 Å². The second-order valence-corrected chi connectivity index (χ2v) is 6.78. The molecule has 1 aromatic rings. The number of carbonyl (C=O) groups is 1. The van der Waals surface area contributed by atoms with Crippen LogP contribution in [0.3, 0.4) is 0 Å². The van der Waals surface area contributed by atoms with Gasteiger partial charge in [0, 0.05) is 5.92 Å². The van der Waals surface area contributed by atoms with Crippen LogP contribution in [-0.4, -0.2) is 22.0 Å². The van der Waals surface area contributed by atoms with Gasteiger partial charge in [0.15, 0.2) is 5.69 Å². The van der Waals surface area contributed by atoms with Gasteiger partial charge in [0.05, 0.1) is 11.2 Å². The molecule has 1 fully saturated rings. The van der Waals surface area contributed by atoms with Gasteiger partial charge in [-0.15, -0.1) is 0 Å². The Morgan fingerprint density at radius 2 is 2.05 bits per heavy atom. The molecule has 1 aliphatic rings. The first kappa shape index (κ1) is 16.2. The van der Waals surface area contributed by atoms with Crippen LogP contribution in [0.2, 0.25) is 5.02 Å². The molecule has 0 N–H and O–H groups in total. The third kappa shape index (κ3) is 3.94. The second-order valence-electron chi connectivity index (χ2n) is 6.37. The van der Waals surface area contributed by atoms with Crippen LogP contribution in [0.4, 0.5) is 0 Å². The lowest BCUT2D eigenvalue weighted by Gasteiger charge is -2.31. The quantitative estimate of drug-likeness (QED) is 0.784. The van der Waals surface area contributed by atoms with E-state index >= 15 is 0 Å². The van der Waals surface area contributed by atoms with E-state index < -0.39 is 5.97 Å². The minimum Gasteiger partial charge on any atom is -0.458 e. The van der Waals surface area contributed by atoms with Crippen molar-refractivity contribution in [2.75, 3.05) is 0 Å². The Hall–Kier alpha value is -1.16. The molecule has 0 bridgehead atoms. The van der Waals surface area contributed by atoms with Crippen molar-refractivity contribution in [2.45, 2.75) is 59.0 Å². The van der Waals surface area contributed by atoms with E-state index in [1.807, 2.05) is 13.8 Å². The summed E-state index contributed by atoms with van der Waals surface area (Å²) in [6.45, 7) is 8.41. The molecular weight excluding hydrogens is 288 g/mol. The molecule has 0 aliphatic heterocycles. The molecule has 4 nitrogen and oxygen atoms in total. The molecule has 0 saturated heterocycles. The first-order chi connectivity index (χ1) is 9.88. The average Bonchev–Trinajstić information content (AvgIpc) is 2.43. The lowest BCUT2D eigenvalue weighted by molar-refractivity contribution is 0.00815. The number of esters is 1. The van der Waals surface area contributed by atoms with Crippen LogP contribution in [0.5, 0.6) is 0 Å². The van der Waals surface area contributed by atoms with Gasteiger partial charge in [0.25, 0.3) is 0 Å². The summed E-state index contributed by atoms with van der Waals surface area (Å²) < 4.78 is 5.60. The maximum absolute atomic E-state index is 12.3. The number of halogens is 1. The van der Waals surface area contributed by atoms with Crippen molar-refractivity contribution in [1.29, 1.82) is 0 Å². The summed E-state index contributed by atoms with van der Waals surface area (Å²) in [7, 11) is 0. The van der Waals surface area contributed by atoms with Crippen LogP contribution in [0, 0.1) is 11.8 Å². The fourth-order valence-corrected chi connectivity index (χ4v) is 2.78. The van der Waals surface area contributed by atoms with E-state index in [4.69, 9.17) is 16.3 Å². The third-order valence-corrected chi connectivity index (χ3v) is 4.57. The Morgan fingerprint density at radius 1 is 1.33 bits per heavy atom. The molecule has 1 heterocycles. The highest BCUT2D eigenvalue weighted by atomic mass is 35.5. The SMILES string of the molecule is CC(C)c1ncc(Cl)c(C(=O)OC2CCC(C)C(C)C2)n1. The molecule has 3 atom stereocenters. The smallest absolute Gasteiger partial charge is 0.358 e. The highest BCUT2D eigenvalue weighted by Crippen LogP contribution is 2.31. The van der Waals surface area contributed by atoms with Crippen molar-refractivity contribution >= 4 is 17.6 Å². The maximum Gasteiger partial charge on any atom is 0.358 e. The monoisotopic (exact) mass is 310 g/mol. The number of hydrogen-bond acceptors (Lipinski definition) is 4. The van der Waals surface area contributed by atoms with Crippen molar-refractivity contribution in [3.63, 3.8) is 0 Å². The Morgan fingerprint density at radius 3 is 2.67 bits per heavy atom. The van der Waals surface area contributed by atoms with Crippen molar-refractivity contribution in [3.05, 3.63) is 22.7 Å². The van der Waals surface area contributed by atoms with Gasteiger partial charge in [0.2, 0.25) is 0 Å². The molecule has 0 aromatic carbocycles. The summed E-state index contributed by atoms with van der Waals surface area (Å²) in [6, 6.07) is 0. The van der Waals surface area contributed by atoms with E-state index in [-0.39, 0.29) is 22.7 Å². The number of ether oxygens (including phenoxy) is 1. The Kier molecular flexibility index (Phi) is 5.20. The Balaban J connectivity index is 2.08. The predicted octanol–water partition coefficient (Wildman–Crippen LogP) is 4.23. The molecule has 116 valence electrons. The van der Waals surface area contributed by atoms with Gasteiger partial charge in [-0.05, 0) is 31.1 Å². The minimum atomic E-state index is -0.434. The molecule has 1 aromatic heterocycles. The summed E-state index contributed by atoms with van der Waals surface area (Å²) in [5.41, 5.74) is 0.182. The summed E-state index contributed by atoms with van der Waals surface area (Å²) in [4.78, 5) is 20.7. The van der Waals surface area contributed by atoms with Gasteiger partial charge in [-0.1, -0.05) is 39.3 Å². The van der Waals surface area contributed by atoms with E-state index in [1.165, 1.54) is 6.20 Å². The third-order valence-electron chi connectivity index (χ3n) is 4.30. The van der Waals surface area contributed by atoms with Crippen molar-refractivity contribution in [3.8, 4) is 0 Å². The standard InChI is InChI=1S/C16H23ClN2O2/c1-9(2)15-18-8-13(17)14(19-15)16(20)21-12-6-5-10(3)11(4)7-12/h8-12H,5-7H2,1-4H3. The summed E-state index contributed by atoms with van der Waals surface area (Å²) in [6.07, 6.45) is 4.36. The number of rotatable bonds is 3. The molecule has 1 aliphatic carbocycles. The van der Waals surface area contributed by atoms with Gasteiger partial charge < -0.3 is 4.74 Å². The zero-order chi connectivity index (χ0) is 15.6. The molecular formula is C16H23ClN2O2. The van der Waals surface area contributed by atoms with E-state index in [2.05, 4.69) is 23.8 Å². The number of nitrogens with zero attached hydrogens (tertiary/aromatic N) is 2. The predicted molar refractivity (Wildman–Crippen MR) is 82.5 cm³/mol. The molecule has 5 heteroatoms. The van der Waals surface area contributed by atoms with Crippen LogP contribution in [0.25, 0.3) is 0 Å². The lowest BCUT2D eigenvalue weighted by Crippen LogP contribution is -2.29. The van der Waals surface area contributed by atoms with Gasteiger partial charge in [-0.3, -0.25) is 0 Å². The molecule has 0 spiro atoms. The number of aromatic nitrogens is 2. The zero-order valence-electron chi connectivity index (χ0n) is 13.1. The summed E-state index contributed by atoms with van der Waals surface area (Å²) in [5.74, 6) is 1.58. The average molecular weight is 311 g/mol. The van der Waals surface area contributed by atoms with Crippen molar-refractivity contribution in [2.24, 2.45) is 11.8 Å². The van der Waals surface area contributed by atoms with E-state index in [0.29, 0.717) is 17.7 Å². The summed E-state index contributed by atoms with van der Waals surface area (Å²) >= 11 is 6.04. The first-order valence-electron chi connectivity index (χ1n) is 7.62. The van der Waals surface area contributed by atoms with Crippen LogP contribution in [-0.2, 0) is 4.74 Å². The fraction of sp³-hybridized carbons (Fsp3) is 0.688. The van der Waals surface area contributed by atoms with Crippen LogP contribution in [0.1, 0.15) is 69.2 Å². The Bertz CT molecular complexity index is 519. The van der Waals surface area contributed by atoms with Gasteiger partial charge in [-0.2, -0.15) is 0 Å². The highest BCUT2D eigenvalue weighted by Gasteiger charge is 2.28. The van der Waals surface area contributed by atoms with Crippen LogP contribution in [0.15, 0.2) is 6.20 Å². The topological polar surface area (TPSA) is 52.1 Å². The molecule has 2 rings (SSSR count). The largest absolute Gasteiger partial charge is 0.458 e. The van der Waals surface area contributed by atoms with Crippen LogP contribution < -0.4 is 0 Å². The maximum atomic E-state index is 12.3. The first-order valence-corrected chi connectivity index (χ1v) is 7.99. The Labute approximate surface area is 131 Å².